The number of benzene rings is 1. The zero-order valence-electron chi connectivity index (χ0n) is 12.6. The molecule has 1 rings (SSSR count). The number of halogens is 2. The molecule has 0 heterocycles. The van der Waals surface area contributed by atoms with Gasteiger partial charge in [0.2, 0.25) is 5.91 Å². The maximum atomic E-state index is 11.9. The van der Waals surface area contributed by atoms with Crippen molar-refractivity contribution in [3.05, 3.63) is 33.8 Å². The second kappa shape index (κ2) is 9.66. The molecule has 7 heteroatoms. The van der Waals surface area contributed by atoms with E-state index in [-0.39, 0.29) is 17.9 Å². The number of carbonyl (C=O) groups is 2. The average Bonchev–Trinajstić information content (AvgIpc) is 2.46. The normalized spacial score (nSPS) is 10.6. The van der Waals surface area contributed by atoms with Crippen molar-refractivity contribution in [1.29, 1.82) is 0 Å². The molecule has 0 fully saturated rings. The quantitative estimate of drug-likeness (QED) is 0.711. The van der Waals surface area contributed by atoms with E-state index in [2.05, 4.69) is 10.6 Å². The molecule has 0 atom stereocenters. The van der Waals surface area contributed by atoms with Crippen molar-refractivity contribution in [3.8, 4) is 0 Å². The molecule has 1 aromatic carbocycles. The maximum Gasteiger partial charge on any atom is 0.251 e. The van der Waals surface area contributed by atoms with Crippen LogP contribution < -0.4 is 10.6 Å². The predicted molar refractivity (Wildman–Crippen MR) is 87.5 cm³/mol. The maximum absolute atomic E-state index is 11.9. The smallest absolute Gasteiger partial charge is 0.251 e. The van der Waals surface area contributed by atoms with Crippen LogP contribution in [0.2, 0.25) is 10.0 Å². The van der Waals surface area contributed by atoms with Gasteiger partial charge in [0.25, 0.3) is 5.91 Å². The van der Waals surface area contributed by atoms with Gasteiger partial charge >= 0.3 is 0 Å². The highest BCUT2D eigenvalue weighted by Crippen LogP contribution is 2.22. The van der Waals surface area contributed by atoms with E-state index in [1.54, 1.807) is 12.1 Å². The highest BCUT2D eigenvalue weighted by Gasteiger charge is 2.08. The van der Waals surface area contributed by atoms with Crippen LogP contribution >= 0.6 is 23.2 Å². The Morgan fingerprint density at radius 2 is 1.82 bits per heavy atom. The van der Waals surface area contributed by atoms with Crippen LogP contribution in [0.15, 0.2) is 18.2 Å². The van der Waals surface area contributed by atoms with Gasteiger partial charge in [-0.2, -0.15) is 0 Å². The van der Waals surface area contributed by atoms with Crippen LogP contribution in [-0.2, 0) is 9.53 Å². The van der Waals surface area contributed by atoms with E-state index in [9.17, 15) is 9.59 Å². The summed E-state index contributed by atoms with van der Waals surface area (Å²) >= 11 is 11.6. The van der Waals surface area contributed by atoms with Gasteiger partial charge in [0, 0.05) is 25.1 Å². The number of rotatable bonds is 8. The minimum atomic E-state index is -0.268. The van der Waals surface area contributed by atoms with E-state index in [0.29, 0.717) is 41.7 Å². The Morgan fingerprint density at radius 1 is 1.14 bits per heavy atom. The monoisotopic (exact) mass is 346 g/mol. The molecule has 122 valence electrons. The highest BCUT2D eigenvalue weighted by molar-refractivity contribution is 6.42. The minimum absolute atomic E-state index is 0.107. The Kier molecular flexibility index (Phi) is 8.24. The number of hydrogen-bond acceptors (Lipinski definition) is 3. The molecule has 0 unspecified atom stereocenters. The molecule has 1 aromatic rings. The Labute approximate surface area is 140 Å². The van der Waals surface area contributed by atoms with Gasteiger partial charge in [0.05, 0.1) is 22.8 Å². The zero-order chi connectivity index (χ0) is 16.5. The molecule has 0 aliphatic heterocycles. The largest absolute Gasteiger partial charge is 0.378 e. The number of amides is 2. The first-order valence-electron chi connectivity index (χ1n) is 7.01. The SMILES string of the molecule is CC(C)OCCC(=O)NCCNC(=O)c1ccc(Cl)c(Cl)c1. The van der Waals surface area contributed by atoms with Crippen LogP contribution in [0, 0.1) is 0 Å². The number of carbonyl (C=O) groups excluding carboxylic acids is 2. The zero-order valence-corrected chi connectivity index (χ0v) is 14.1. The van der Waals surface area contributed by atoms with Crippen LogP contribution in [0.1, 0.15) is 30.6 Å². The fourth-order valence-electron chi connectivity index (χ4n) is 1.59. The van der Waals surface area contributed by atoms with E-state index in [0.717, 1.165) is 0 Å². The van der Waals surface area contributed by atoms with Crippen LogP contribution in [0.5, 0.6) is 0 Å². The third-order valence-electron chi connectivity index (χ3n) is 2.69. The second-order valence-electron chi connectivity index (χ2n) is 4.90. The van der Waals surface area contributed by atoms with E-state index in [1.807, 2.05) is 13.8 Å². The molecule has 0 spiro atoms. The van der Waals surface area contributed by atoms with Crippen LogP contribution in [-0.4, -0.2) is 37.6 Å². The molecule has 22 heavy (non-hydrogen) atoms. The van der Waals surface area contributed by atoms with Crippen molar-refractivity contribution in [2.24, 2.45) is 0 Å². The number of hydrogen-bond donors (Lipinski definition) is 2. The molecular formula is C15H20Cl2N2O3. The van der Waals surface area contributed by atoms with Crippen molar-refractivity contribution >= 4 is 35.0 Å². The topological polar surface area (TPSA) is 67.4 Å². The number of nitrogens with one attached hydrogen (secondary N) is 2. The molecule has 0 aliphatic rings. The molecule has 0 aromatic heterocycles. The molecule has 0 saturated carbocycles. The van der Waals surface area contributed by atoms with Crippen molar-refractivity contribution in [2.45, 2.75) is 26.4 Å². The number of ether oxygens (including phenoxy) is 1. The summed E-state index contributed by atoms with van der Waals surface area (Å²) < 4.78 is 5.28. The summed E-state index contributed by atoms with van der Waals surface area (Å²) in [7, 11) is 0. The van der Waals surface area contributed by atoms with Gasteiger partial charge in [-0.15, -0.1) is 0 Å². The van der Waals surface area contributed by atoms with Gasteiger partial charge in [-0.3, -0.25) is 9.59 Å². The molecule has 2 amide bonds. The Hall–Kier alpha value is -1.30. The predicted octanol–water partition coefficient (Wildman–Crippen LogP) is 2.65. The fourth-order valence-corrected chi connectivity index (χ4v) is 1.89. The lowest BCUT2D eigenvalue weighted by molar-refractivity contribution is -0.122. The van der Waals surface area contributed by atoms with Gasteiger partial charge in [0.15, 0.2) is 0 Å². The second-order valence-corrected chi connectivity index (χ2v) is 5.72. The molecule has 0 bridgehead atoms. The Bertz CT molecular complexity index is 522. The lowest BCUT2D eigenvalue weighted by Gasteiger charge is -2.09. The minimum Gasteiger partial charge on any atom is -0.378 e. The van der Waals surface area contributed by atoms with Gasteiger partial charge in [-0.25, -0.2) is 0 Å². The molecule has 0 aliphatic carbocycles. The van der Waals surface area contributed by atoms with Crippen LogP contribution in [0.3, 0.4) is 0 Å². The Morgan fingerprint density at radius 3 is 2.45 bits per heavy atom. The van der Waals surface area contributed by atoms with Gasteiger partial charge in [-0.1, -0.05) is 23.2 Å². The first-order chi connectivity index (χ1) is 10.4. The Balaban J connectivity index is 2.22. The molecule has 0 saturated heterocycles. The third kappa shape index (κ3) is 7.11. The summed E-state index contributed by atoms with van der Waals surface area (Å²) in [5, 5.41) is 6.12. The lowest BCUT2D eigenvalue weighted by atomic mass is 10.2. The highest BCUT2D eigenvalue weighted by atomic mass is 35.5. The van der Waals surface area contributed by atoms with E-state index in [1.165, 1.54) is 6.07 Å². The summed E-state index contributed by atoms with van der Waals surface area (Å²) in [6.45, 7) is 4.90. The summed E-state index contributed by atoms with van der Waals surface area (Å²) in [6.07, 6.45) is 0.414. The van der Waals surface area contributed by atoms with Gasteiger partial charge in [-0.05, 0) is 32.0 Å². The summed E-state index contributed by atoms with van der Waals surface area (Å²) in [4.78, 5) is 23.3. The van der Waals surface area contributed by atoms with Crippen LogP contribution in [0.4, 0.5) is 0 Å². The van der Waals surface area contributed by atoms with Crippen LogP contribution in [0.25, 0.3) is 0 Å². The summed E-state index contributed by atoms with van der Waals surface area (Å²) in [5.74, 6) is -0.375. The van der Waals surface area contributed by atoms with Crippen molar-refractivity contribution in [1.82, 2.24) is 10.6 Å². The van der Waals surface area contributed by atoms with E-state index < -0.39 is 0 Å². The lowest BCUT2D eigenvalue weighted by Crippen LogP contribution is -2.35. The van der Waals surface area contributed by atoms with E-state index in [4.69, 9.17) is 27.9 Å². The van der Waals surface area contributed by atoms with E-state index >= 15 is 0 Å². The summed E-state index contributed by atoms with van der Waals surface area (Å²) in [6, 6.07) is 4.65. The summed E-state index contributed by atoms with van der Waals surface area (Å²) in [5.41, 5.74) is 0.422. The van der Waals surface area contributed by atoms with Crippen molar-refractivity contribution in [3.63, 3.8) is 0 Å². The average molecular weight is 347 g/mol. The first kappa shape index (κ1) is 18.7. The molecular weight excluding hydrogens is 327 g/mol. The molecule has 0 radical (unpaired) electrons. The molecule has 2 N–H and O–H groups in total. The van der Waals surface area contributed by atoms with Gasteiger partial charge in [0.1, 0.15) is 0 Å². The van der Waals surface area contributed by atoms with Crippen molar-refractivity contribution in [2.75, 3.05) is 19.7 Å². The van der Waals surface area contributed by atoms with Crippen molar-refractivity contribution < 1.29 is 14.3 Å². The fraction of sp³-hybridized carbons (Fsp3) is 0.467. The third-order valence-corrected chi connectivity index (χ3v) is 3.43. The van der Waals surface area contributed by atoms with Gasteiger partial charge < -0.3 is 15.4 Å². The first-order valence-corrected chi connectivity index (χ1v) is 7.77. The standard InChI is InChI=1S/C15H20Cl2N2O3/c1-10(2)22-8-5-14(20)18-6-7-19-15(21)11-3-4-12(16)13(17)9-11/h3-4,9-10H,5-8H2,1-2H3,(H,18,20)(H,19,21). The molecule has 5 nitrogen and oxygen atoms in total.